The Hall–Kier alpha value is -1.92. The van der Waals surface area contributed by atoms with Crippen LogP contribution in [0.25, 0.3) is 0 Å². The highest BCUT2D eigenvalue weighted by Gasteiger charge is 2.35. The number of likely N-dealkylation sites (tertiary alicyclic amines) is 1. The molecule has 6 nitrogen and oxygen atoms in total. The van der Waals surface area contributed by atoms with Crippen LogP contribution >= 0.6 is 0 Å². The number of ketones is 1. The van der Waals surface area contributed by atoms with Gasteiger partial charge in [0, 0.05) is 24.2 Å². The molecule has 21 heavy (non-hydrogen) atoms. The molecule has 3 N–H and O–H groups in total. The number of Topliss-reactive ketones (excluding diaryl/α,β-unsaturated/α-hetero) is 1. The fourth-order valence-electron chi connectivity index (χ4n) is 2.69. The minimum Gasteiger partial charge on any atom is -0.496 e. The number of nitrogens with zero attached hydrogens (tertiary/aromatic N) is 1. The standard InChI is InChI=1S/C15H20N2O4/c1-9(18)10-3-4-14(21-2)11(5-10)7-17-8-12(19)6-13(17)15(16)20/h3-5,12-13,19H,6-8H2,1-2H3,(H2,16,20)/t12-,13+/m0/s1. The average molecular weight is 292 g/mol. The van der Waals surface area contributed by atoms with E-state index >= 15 is 0 Å². The number of nitrogens with two attached hydrogens (primary N) is 1. The topological polar surface area (TPSA) is 92.9 Å². The molecule has 114 valence electrons. The molecule has 0 aliphatic carbocycles. The van der Waals surface area contributed by atoms with Gasteiger partial charge in [-0.1, -0.05) is 0 Å². The summed E-state index contributed by atoms with van der Waals surface area (Å²) in [6.07, 6.45) is -0.228. The number of aliphatic hydroxyl groups is 1. The Balaban J connectivity index is 2.27. The highest BCUT2D eigenvalue weighted by atomic mass is 16.5. The maximum absolute atomic E-state index is 11.5. The van der Waals surface area contributed by atoms with Crippen molar-refractivity contribution < 1.29 is 19.4 Å². The number of aliphatic hydroxyl groups excluding tert-OH is 1. The summed E-state index contributed by atoms with van der Waals surface area (Å²) in [5.74, 6) is 0.157. The van der Waals surface area contributed by atoms with Crippen molar-refractivity contribution in [2.24, 2.45) is 5.73 Å². The molecule has 0 saturated carbocycles. The van der Waals surface area contributed by atoms with Crippen molar-refractivity contribution in [1.82, 2.24) is 4.90 Å². The first-order chi connectivity index (χ1) is 9.92. The molecule has 0 unspecified atom stereocenters. The third kappa shape index (κ3) is 3.40. The van der Waals surface area contributed by atoms with E-state index < -0.39 is 18.1 Å². The van der Waals surface area contributed by atoms with Gasteiger partial charge in [-0.3, -0.25) is 14.5 Å². The maximum atomic E-state index is 11.5. The molecule has 0 bridgehead atoms. The monoisotopic (exact) mass is 292 g/mol. The summed E-state index contributed by atoms with van der Waals surface area (Å²) < 4.78 is 5.30. The van der Waals surface area contributed by atoms with Crippen molar-refractivity contribution in [3.05, 3.63) is 29.3 Å². The Morgan fingerprint density at radius 1 is 1.48 bits per heavy atom. The maximum Gasteiger partial charge on any atom is 0.234 e. The predicted molar refractivity (Wildman–Crippen MR) is 77.0 cm³/mol. The zero-order chi connectivity index (χ0) is 15.6. The molecule has 2 atom stereocenters. The fraction of sp³-hybridized carbons (Fsp3) is 0.467. The van der Waals surface area contributed by atoms with Gasteiger partial charge in [-0.15, -0.1) is 0 Å². The normalized spacial score (nSPS) is 22.2. The lowest BCUT2D eigenvalue weighted by Gasteiger charge is -2.22. The summed E-state index contributed by atoms with van der Waals surface area (Å²) in [6.45, 7) is 2.27. The van der Waals surface area contributed by atoms with E-state index in [1.165, 1.54) is 6.92 Å². The number of rotatable bonds is 5. The average Bonchev–Trinajstić information content (AvgIpc) is 2.79. The fourth-order valence-corrected chi connectivity index (χ4v) is 2.69. The zero-order valence-corrected chi connectivity index (χ0v) is 12.2. The van der Waals surface area contributed by atoms with Gasteiger partial charge in [0.2, 0.25) is 5.91 Å². The van der Waals surface area contributed by atoms with Crippen LogP contribution < -0.4 is 10.5 Å². The Bertz CT molecular complexity index is 559. The summed E-state index contributed by atoms with van der Waals surface area (Å²) in [5, 5.41) is 9.73. The van der Waals surface area contributed by atoms with Crippen molar-refractivity contribution in [2.45, 2.75) is 32.0 Å². The molecule has 1 fully saturated rings. The number of hydrogen-bond donors (Lipinski definition) is 2. The van der Waals surface area contributed by atoms with Crippen LogP contribution in [0.5, 0.6) is 5.75 Å². The highest BCUT2D eigenvalue weighted by Crippen LogP contribution is 2.26. The van der Waals surface area contributed by atoms with Crippen LogP contribution in [-0.4, -0.2) is 47.5 Å². The van der Waals surface area contributed by atoms with Crippen LogP contribution in [0, 0.1) is 0 Å². The van der Waals surface area contributed by atoms with Crippen molar-refractivity contribution in [3.63, 3.8) is 0 Å². The van der Waals surface area contributed by atoms with Crippen molar-refractivity contribution in [3.8, 4) is 5.75 Å². The van der Waals surface area contributed by atoms with E-state index in [0.717, 1.165) is 5.56 Å². The number of primary amides is 1. The molecule has 1 aliphatic heterocycles. The molecule has 2 rings (SSSR count). The van der Waals surface area contributed by atoms with Gasteiger partial charge < -0.3 is 15.6 Å². The first-order valence-corrected chi connectivity index (χ1v) is 6.81. The summed E-state index contributed by atoms with van der Waals surface area (Å²) in [7, 11) is 1.55. The number of carbonyl (C=O) groups is 2. The lowest BCUT2D eigenvalue weighted by Crippen LogP contribution is -2.39. The first-order valence-electron chi connectivity index (χ1n) is 6.81. The number of methoxy groups -OCH3 is 1. The number of ether oxygens (including phenoxy) is 1. The minimum atomic E-state index is -0.565. The lowest BCUT2D eigenvalue weighted by molar-refractivity contribution is -0.122. The molecule has 1 amide bonds. The van der Waals surface area contributed by atoms with Gasteiger partial charge in [-0.25, -0.2) is 0 Å². The zero-order valence-electron chi connectivity index (χ0n) is 12.2. The Morgan fingerprint density at radius 2 is 2.19 bits per heavy atom. The van der Waals surface area contributed by atoms with E-state index in [1.54, 1.807) is 25.3 Å². The summed E-state index contributed by atoms with van der Waals surface area (Å²) in [6, 6.07) is 4.70. The highest BCUT2D eigenvalue weighted by molar-refractivity contribution is 5.94. The molecule has 0 aromatic heterocycles. The van der Waals surface area contributed by atoms with Crippen LogP contribution in [0.4, 0.5) is 0 Å². The lowest BCUT2D eigenvalue weighted by atomic mass is 10.1. The second kappa shape index (κ2) is 6.24. The molecule has 1 aliphatic rings. The largest absolute Gasteiger partial charge is 0.496 e. The van der Waals surface area contributed by atoms with Gasteiger partial charge in [-0.2, -0.15) is 0 Å². The molecule has 0 spiro atoms. The van der Waals surface area contributed by atoms with Gasteiger partial charge in [-0.05, 0) is 31.5 Å². The Labute approximate surface area is 123 Å². The van der Waals surface area contributed by atoms with E-state index in [0.29, 0.717) is 30.8 Å². The van der Waals surface area contributed by atoms with Crippen molar-refractivity contribution in [1.29, 1.82) is 0 Å². The molecular weight excluding hydrogens is 272 g/mol. The molecule has 1 aromatic rings. The molecular formula is C15H20N2O4. The SMILES string of the molecule is COc1ccc(C(C)=O)cc1CN1C[C@@H](O)C[C@@H]1C(N)=O. The quantitative estimate of drug-likeness (QED) is 0.762. The third-order valence-electron chi connectivity index (χ3n) is 3.77. The van der Waals surface area contributed by atoms with Crippen LogP contribution in [-0.2, 0) is 11.3 Å². The Morgan fingerprint density at radius 3 is 2.76 bits per heavy atom. The Kier molecular flexibility index (Phi) is 4.59. The van der Waals surface area contributed by atoms with Crippen LogP contribution in [0.2, 0.25) is 0 Å². The number of amides is 1. The van der Waals surface area contributed by atoms with E-state index in [4.69, 9.17) is 10.5 Å². The van der Waals surface area contributed by atoms with Crippen LogP contribution in [0.3, 0.4) is 0 Å². The second-order valence-corrected chi connectivity index (χ2v) is 5.32. The van der Waals surface area contributed by atoms with E-state index in [2.05, 4.69) is 0 Å². The molecule has 1 aromatic carbocycles. The smallest absolute Gasteiger partial charge is 0.234 e. The van der Waals surface area contributed by atoms with E-state index in [1.807, 2.05) is 4.90 Å². The molecule has 1 heterocycles. The summed E-state index contributed by atoms with van der Waals surface area (Å²) in [4.78, 5) is 24.8. The molecule has 6 heteroatoms. The van der Waals surface area contributed by atoms with Crippen molar-refractivity contribution >= 4 is 11.7 Å². The van der Waals surface area contributed by atoms with Gasteiger partial charge in [0.15, 0.2) is 5.78 Å². The van der Waals surface area contributed by atoms with E-state index in [9.17, 15) is 14.7 Å². The van der Waals surface area contributed by atoms with Gasteiger partial charge in [0.25, 0.3) is 0 Å². The number of carbonyl (C=O) groups excluding carboxylic acids is 2. The predicted octanol–water partition coefficient (Wildman–Crippen LogP) is 0.318. The summed E-state index contributed by atoms with van der Waals surface area (Å²) >= 11 is 0. The van der Waals surface area contributed by atoms with Gasteiger partial charge in [0.05, 0.1) is 19.3 Å². The van der Waals surface area contributed by atoms with Gasteiger partial charge in [0.1, 0.15) is 5.75 Å². The second-order valence-electron chi connectivity index (χ2n) is 5.32. The molecule has 1 saturated heterocycles. The number of hydrogen-bond acceptors (Lipinski definition) is 5. The van der Waals surface area contributed by atoms with Crippen LogP contribution in [0.1, 0.15) is 29.3 Å². The first kappa shape index (κ1) is 15.5. The minimum absolute atomic E-state index is 0.0354. The van der Waals surface area contributed by atoms with E-state index in [-0.39, 0.29) is 5.78 Å². The number of β-amino-alcohol motifs (C(OH)–C–C–N with tert-alkyl or cyclic N) is 1. The van der Waals surface area contributed by atoms with Crippen LogP contribution in [0.15, 0.2) is 18.2 Å². The molecule has 0 radical (unpaired) electrons. The van der Waals surface area contributed by atoms with Crippen molar-refractivity contribution in [2.75, 3.05) is 13.7 Å². The summed E-state index contributed by atoms with van der Waals surface area (Å²) in [5.41, 5.74) is 6.76. The van der Waals surface area contributed by atoms with Gasteiger partial charge >= 0.3 is 0 Å². The third-order valence-corrected chi connectivity index (χ3v) is 3.77. The number of benzene rings is 1.